The number of fused-ring (bicyclic) bond motifs is 1. The Morgan fingerprint density at radius 2 is 2.00 bits per heavy atom. The second kappa shape index (κ2) is 4.26. The van der Waals surface area contributed by atoms with Crippen molar-refractivity contribution < 1.29 is 9.59 Å². The highest BCUT2D eigenvalue weighted by atomic mass is 16.2. The predicted molar refractivity (Wildman–Crippen MR) is 65.6 cm³/mol. The second-order valence-electron chi connectivity index (χ2n) is 5.11. The highest BCUT2D eigenvalue weighted by Gasteiger charge is 2.34. The number of nitriles is 1. The summed E-state index contributed by atoms with van der Waals surface area (Å²) in [5.74, 6) is -0.535. The zero-order valence-electron chi connectivity index (χ0n) is 10.4. The molecule has 1 aliphatic heterocycles. The molecule has 0 saturated heterocycles. The van der Waals surface area contributed by atoms with Gasteiger partial charge in [-0.15, -0.1) is 0 Å². The van der Waals surface area contributed by atoms with Gasteiger partial charge in [0.1, 0.15) is 0 Å². The number of carbonyl (C=O) groups is 2. The minimum absolute atomic E-state index is 0.134. The molecule has 0 aromatic heterocycles. The summed E-state index contributed by atoms with van der Waals surface area (Å²) >= 11 is 0. The van der Waals surface area contributed by atoms with E-state index in [4.69, 9.17) is 5.26 Å². The lowest BCUT2D eigenvalue weighted by atomic mass is 9.92. The maximum absolute atomic E-state index is 12.2. The predicted octanol–water partition coefficient (Wildman–Crippen LogP) is 1.76. The fourth-order valence-electron chi connectivity index (χ4n) is 1.99. The van der Waals surface area contributed by atoms with Crippen molar-refractivity contribution in [1.82, 2.24) is 4.90 Å². The molecule has 1 aromatic carbocycles. The fourth-order valence-corrected chi connectivity index (χ4v) is 1.99. The van der Waals surface area contributed by atoms with Crippen molar-refractivity contribution in [3.63, 3.8) is 0 Å². The highest BCUT2D eigenvalue weighted by Crippen LogP contribution is 2.23. The van der Waals surface area contributed by atoms with Crippen molar-refractivity contribution in [2.45, 2.75) is 20.3 Å². The van der Waals surface area contributed by atoms with E-state index in [1.165, 1.54) is 4.90 Å². The smallest absolute Gasteiger partial charge is 0.260 e. The maximum atomic E-state index is 12.2. The molecule has 2 amide bonds. The normalized spacial score (nSPS) is 15.3. The lowest BCUT2D eigenvalue weighted by Crippen LogP contribution is -2.46. The molecule has 0 spiro atoms. The van der Waals surface area contributed by atoms with Gasteiger partial charge in [-0.05, 0) is 25.5 Å². The van der Waals surface area contributed by atoms with Crippen LogP contribution in [0.1, 0.15) is 29.8 Å². The Labute approximate surface area is 106 Å². The van der Waals surface area contributed by atoms with Gasteiger partial charge in [-0.1, -0.05) is 18.2 Å². The van der Waals surface area contributed by atoms with Crippen LogP contribution in [0.3, 0.4) is 0 Å². The Bertz CT molecular complexity index is 555. The average Bonchev–Trinajstić information content (AvgIpc) is 2.34. The van der Waals surface area contributed by atoms with E-state index in [9.17, 15) is 9.59 Å². The molecular formula is C14H14N2O2. The maximum Gasteiger partial charge on any atom is 0.260 e. The largest absolute Gasteiger partial charge is 0.277 e. The summed E-state index contributed by atoms with van der Waals surface area (Å²) in [6.45, 7) is 3.57. The van der Waals surface area contributed by atoms with E-state index in [1.54, 1.807) is 32.0 Å². The van der Waals surface area contributed by atoms with Crippen molar-refractivity contribution in [3.8, 4) is 6.07 Å². The Kier molecular flexibility index (Phi) is 2.92. The van der Waals surface area contributed by atoms with Gasteiger partial charge in [0, 0.05) is 12.1 Å². The molecule has 1 aliphatic rings. The van der Waals surface area contributed by atoms with Crippen LogP contribution >= 0.6 is 0 Å². The van der Waals surface area contributed by atoms with Crippen LogP contribution in [0.4, 0.5) is 0 Å². The molecule has 0 N–H and O–H groups in total. The molecule has 18 heavy (non-hydrogen) atoms. The topological polar surface area (TPSA) is 61.2 Å². The van der Waals surface area contributed by atoms with Gasteiger partial charge in [0.05, 0.1) is 17.9 Å². The lowest BCUT2D eigenvalue weighted by Gasteiger charge is -2.30. The quantitative estimate of drug-likeness (QED) is 0.742. The number of hydrogen-bond donors (Lipinski definition) is 0. The molecule has 2 rings (SSSR count). The monoisotopic (exact) mass is 242 g/mol. The SMILES string of the molecule is CC(C)(C#N)CN1C(=O)Cc2ccccc2C1=O. The van der Waals surface area contributed by atoms with E-state index in [1.807, 2.05) is 6.07 Å². The summed E-state index contributed by atoms with van der Waals surface area (Å²) in [5, 5.41) is 8.99. The Balaban J connectivity index is 2.34. The van der Waals surface area contributed by atoms with Crippen molar-refractivity contribution in [2.24, 2.45) is 5.41 Å². The molecule has 0 atom stereocenters. The Morgan fingerprint density at radius 3 is 2.67 bits per heavy atom. The molecule has 0 saturated carbocycles. The van der Waals surface area contributed by atoms with Crippen molar-refractivity contribution >= 4 is 11.8 Å². The molecule has 0 radical (unpaired) electrons. The minimum Gasteiger partial charge on any atom is -0.277 e. The first kappa shape index (κ1) is 12.3. The molecular weight excluding hydrogens is 228 g/mol. The van der Waals surface area contributed by atoms with Crippen LogP contribution in [0.15, 0.2) is 24.3 Å². The first-order valence-corrected chi connectivity index (χ1v) is 5.78. The standard InChI is InChI=1S/C14H14N2O2/c1-14(2,8-15)9-16-12(17)7-10-5-3-4-6-11(10)13(16)18/h3-6H,7,9H2,1-2H3. The number of imide groups is 1. The van der Waals surface area contributed by atoms with Crippen molar-refractivity contribution in [2.75, 3.05) is 6.54 Å². The molecule has 0 aliphatic carbocycles. The van der Waals surface area contributed by atoms with Gasteiger partial charge in [-0.2, -0.15) is 5.26 Å². The molecule has 1 heterocycles. The van der Waals surface area contributed by atoms with Gasteiger partial charge in [0.2, 0.25) is 5.91 Å². The first-order chi connectivity index (χ1) is 8.44. The lowest BCUT2D eigenvalue weighted by molar-refractivity contribution is -0.129. The second-order valence-corrected chi connectivity index (χ2v) is 5.11. The molecule has 0 fully saturated rings. The van der Waals surface area contributed by atoms with Crippen LogP contribution in [0, 0.1) is 16.7 Å². The van der Waals surface area contributed by atoms with E-state index < -0.39 is 5.41 Å². The molecule has 0 bridgehead atoms. The number of carbonyl (C=O) groups excluding carboxylic acids is 2. The third kappa shape index (κ3) is 2.12. The summed E-state index contributed by atoms with van der Waals surface area (Å²) in [7, 11) is 0. The molecule has 0 unspecified atom stereocenters. The Morgan fingerprint density at radius 1 is 1.33 bits per heavy atom. The fraction of sp³-hybridized carbons (Fsp3) is 0.357. The van der Waals surface area contributed by atoms with Gasteiger partial charge >= 0.3 is 0 Å². The average molecular weight is 242 g/mol. The van der Waals surface area contributed by atoms with E-state index >= 15 is 0 Å². The van der Waals surface area contributed by atoms with Crippen LogP contribution in [0.5, 0.6) is 0 Å². The minimum atomic E-state index is -0.725. The van der Waals surface area contributed by atoms with E-state index in [0.29, 0.717) is 5.56 Å². The van der Waals surface area contributed by atoms with Crippen molar-refractivity contribution in [3.05, 3.63) is 35.4 Å². The number of rotatable bonds is 2. The van der Waals surface area contributed by atoms with Crippen LogP contribution < -0.4 is 0 Å². The summed E-state index contributed by atoms with van der Waals surface area (Å²) in [6.07, 6.45) is 0.226. The summed E-state index contributed by atoms with van der Waals surface area (Å²) in [4.78, 5) is 25.4. The van der Waals surface area contributed by atoms with Gasteiger partial charge in [-0.25, -0.2) is 0 Å². The Hall–Kier alpha value is -2.15. The third-order valence-electron chi connectivity index (χ3n) is 2.99. The number of nitrogens with zero attached hydrogens (tertiary/aromatic N) is 2. The molecule has 4 nitrogen and oxygen atoms in total. The van der Waals surface area contributed by atoms with E-state index in [-0.39, 0.29) is 24.8 Å². The van der Waals surface area contributed by atoms with Crippen LogP contribution in [-0.4, -0.2) is 23.3 Å². The first-order valence-electron chi connectivity index (χ1n) is 5.78. The number of amides is 2. The van der Waals surface area contributed by atoms with E-state index in [2.05, 4.69) is 6.07 Å². The van der Waals surface area contributed by atoms with E-state index in [0.717, 1.165) is 5.56 Å². The van der Waals surface area contributed by atoms with Crippen LogP contribution in [-0.2, 0) is 11.2 Å². The van der Waals surface area contributed by atoms with Gasteiger partial charge in [-0.3, -0.25) is 14.5 Å². The summed E-state index contributed by atoms with van der Waals surface area (Å²) in [5.41, 5.74) is 0.599. The van der Waals surface area contributed by atoms with Gasteiger partial charge in [0.15, 0.2) is 0 Å². The zero-order chi connectivity index (χ0) is 13.3. The van der Waals surface area contributed by atoms with Crippen LogP contribution in [0.25, 0.3) is 0 Å². The van der Waals surface area contributed by atoms with Gasteiger partial charge in [0.25, 0.3) is 5.91 Å². The summed E-state index contributed by atoms with van der Waals surface area (Å²) < 4.78 is 0. The highest BCUT2D eigenvalue weighted by molar-refractivity contribution is 6.09. The number of hydrogen-bond acceptors (Lipinski definition) is 3. The zero-order valence-corrected chi connectivity index (χ0v) is 10.4. The molecule has 4 heteroatoms. The van der Waals surface area contributed by atoms with Crippen molar-refractivity contribution in [1.29, 1.82) is 5.26 Å². The number of benzene rings is 1. The molecule has 1 aromatic rings. The third-order valence-corrected chi connectivity index (χ3v) is 2.99. The molecule has 92 valence electrons. The summed E-state index contributed by atoms with van der Waals surface area (Å²) in [6, 6.07) is 9.21. The van der Waals surface area contributed by atoms with Crippen LogP contribution in [0.2, 0.25) is 0 Å². The van der Waals surface area contributed by atoms with Gasteiger partial charge < -0.3 is 0 Å².